The van der Waals surface area contributed by atoms with Crippen molar-refractivity contribution in [2.24, 2.45) is 0 Å². The van der Waals surface area contributed by atoms with Crippen molar-refractivity contribution in [3.63, 3.8) is 0 Å². The minimum Gasteiger partial charge on any atom is -0.481 e. The van der Waals surface area contributed by atoms with Crippen molar-refractivity contribution in [2.75, 3.05) is 5.32 Å². The zero-order valence-corrected chi connectivity index (χ0v) is 9.10. The van der Waals surface area contributed by atoms with Crippen molar-refractivity contribution in [3.05, 3.63) is 33.3 Å². The number of carboxylic acid groups (broad SMARTS) is 1. The van der Waals surface area contributed by atoms with E-state index in [1.165, 1.54) is 12.1 Å². The Labute approximate surface area is 100 Å². The van der Waals surface area contributed by atoms with Crippen LogP contribution >= 0.6 is 11.6 Å². The summed E-state index contributed by atoms with van der Waals surface area (Å²) in [6.45, 7) is 0. The van der Waals surface area contributed by atoms with E-state index in [0.29, 0.717) is 0 Å². The Bertz CT molecular complexity index is 488. The zero-order valence-electron chi connectivity index (χ0n) is 8.34. The molecule has 0 aliphatic carbocycles. The van der Waals surface area contributed by atoms with Gasteiger partial charge in [-0.3, -0.25) is 19.7 Å². The number of carbonyl (C=O) groups is 2. The zero-order chi connectivity index (χ0) is 13.0. The average Bonchev–Trinajstić information content (AvgIpc) is 2.15. The predicted molar refractivity (Wildman–Crippen MR) is 59.0 cm³/mol. The van der Waals surface area contributed by atoms with Gasteiger partial charge in [0.15, 0.2) is 0 Å². The first-order valence-corrected chi connectivity index (χ1v) is 4.73. The van der Waals surface area contributed by atoms with Gasteiger partial charge in [0.25, 0.3) is 5.69 Å². The van der Waals surface area contributed by atoms with Gasteiger partial charge in [-0.15, -0.1) is 0 Å². The van der Waals surface area contributed by atoms with E-state index in [1.54, 1.807) is 0 Å². The van der Waals surface area contributed by atoms with Gasteiger partial charge in [0.05, 0.1) is 4.92 Å². The molecule has 0 heterocycles. The highest BCUT2D eigenvalue weighted by atomic mass is 35.5. The molecule has 0 saturated heterocycles. The summed E-state index contributed by atoms with van der Waals surface area (Å²) in [7, 11) is 0. The van der Waals surface area contributed by atoms with Gasteiger partial charge in [0.1, 0.15) is 12.1 Å². The van der Waals surface area contributed by atoms with Crippen LogP contribution in [0.2, 0.25) is 5.02 Å². The molecule has 1 rings (SSSR count). The minimum absolute atomic E-state index is 0.131. The highest BCUT2D eigenvalue weighted by Crippen LogP contribution is 2.27. The van der Waals surface area contributed by atoms with Gasteiger partial charge in [-0.1, -0.05) is 11.6 Å². The Hall–Kier alpha value is -2.15. The molecule has 1 aromatic carbocycles. The number of amides is 1. The van der Waals surface area contributed by atoms with E-state index >= 15 is 0 Å². The van der Waals surface area contributed by atoms with E-state index in [4.69, 9.17) is 16.7 Å². The molecule has 90 valence electrons. The Morgan fingerprint density at radius 2 is 2.12 bits per heavy atom. The number of nitrogens with zero attached hydrogens (tertiary/aromatic N) is 1. The number of nitro groups is 1. The number of halogens is 1. The lowest BCUT2D eigenvalue weighted by Gasteiger charge is -2.04. The van der Waals surface area contributed by atoms with Gasteiger partial charge in [-0.25, -0.2) is 0 Å². The van der Waals surface area contributed by atoms with Crippen LogP contribution in [0.4, 0.5) is 11.4 Å². The first-order chi connectivity index (χ1) is 7.90. The van der Waals surface area contributed by atoms with Gasteiger partial charge in [0, 0.05) is 11.1 Å². The average molecular weight is 259 g/mol. The Morgan fingerprint density at radius 1 is 1.47 bits per heavy atom. The molecule has 0 aromatic heterocycles. The normalized spacial score (nSPS) is 9.71. The molecular weight excluding hydrogens is 252 g/mol. The summed E-state index contributed by atoms with van der Waals surface area (Å²) in [5.41, 5.74) is -0.484. The van der Waals surface area contributed by atoms with Crippen LogP contribution in [0, 0.1) is 10.1 Å². The summed E-state index contributed by atoms with van der Waals surface area (Å²) in [5.74, 6) is -2.19. The molecule has 1 amide bonds. The summed E-state index contributed by atoms with van der Waals surface area (Å²) in [4.78, 5) is 31.3. The molecule has 17 heavy (non-hydrogen) atoms. The fraction of sp³-hybridized carbons (Fsp3) is 0.111. The van der Waals surface area contributed by atoms with Crippen molar-refractivity contribution < 1.29 is 19.6 Å². The number of aliphatic carboxylic acids is 1. The van der Waals surface area contributed by atoms with Gasteiger partial charge in [-0.2, -0.15) is 0 Å². The fourth-order valence-corrected chi connectivity index (χ4v) is 1.27. The Morgan fingerprint density at radius 3 is 2.65 bits per heavy atom. The Balaban J connectivity index is 2.96. The molecule has 0 aliphatic rings. The summed E-state index contributed by atoms with van der Waals surface area (Å²) in [5, 5.41) is 21.3. The lowest BCUT2D eigenvalue weighted by Crippen LogP contribution is -2.16. The number of carbonyl (C=O) groups excluding carboxylic acids is 1. The topological polar surface area (TPSA) is 110 Å². The minimum atomic E-state index is -1.33. The molecule has 8 heteroatoms. The van der Waals surface area contributed by atoms with E-state index in [2.05, 4.69) is 5.32 Å². The predicted octanol–water partition coefficient (Wildman–Crippen LogP) is 1.66. The number of anilines is 1. The molecule has 0 spiro atoms. The van der Waals surface area contributed by atoms with Crippen molar-refractivity contribution in [2.45, 2.75) is 6.42 Å². The highest BCUT2D eigenvalue weighted by Gasteiger charge is 2.17. The molecule has 0 fully saturated rings. The van der Waals surface area contributed by atoms with E-state index in [1.807, 2.05) is 0 Å². The van der Waals surface area contributed by atoms with Crippen molar-refractivity contribution >= 4 is 34.9 Å². The molecule has 1 aromatic rings. The quantitative estimate of drug-likeness (QED) is 0.485. The van der Waals surface area contributed by atoms with Crippen LogP contribution in [0.3, 0.4) is 0 Å². The lowest BCUT2D eigenvalue weighted by atomic mass is 10.2. The van der Waals surface area contributed by atoms with E-state index < -0.39 is 23.2 Å². The molecular formula is C9H7ClN2O5. The first kappa shape index (κ1) is 12.9. The van der Waals surface area contributed by atoms with Crippen LogP contribution in [0.25, 0.3) is 0 Å². The summed E-state index contributed by atoms with van der Waals surface area (Å²) < 4.78 is 0. The fourth-order valence-electron chi connectivity index (χ4n) is 1.10. The summed E-state index contributed by atoms with van der Waals surface area (Å²) >= 11 is 5.62. The highest BCUT2D eigenvalue weighted by molar-refractivity contribution is 6.31. The lowest BCUT2D eigenvalue weighted by molar-refractivity contribution is -0.383. The number of hydrogen-bond donors (Lipinski definition) is 2. The SMILES string of the molecule is O=C(O)CC(=O)Nc1cc(Cl)ccc1[N+](=O)[O-]. The smallest absolute Gasteiger partial charge is 0.312 e. The van der Waals surface area contributed by atoms with Crippen molar-refractivity contribution in [3.8, 4) is 0 Å². The van der Waals surface area contributed by atoms with E-state index in [0.717, 1.165) is 6.07 Å². The second-order valence-electron chi connectivity index (χ2n) is 3.04. The van der Waals surface area contributed by atoms with Crippen LogP contribution in [0.15, 0.2) is 18.2 Å². The summed E-state index contributed by atoms with van der Waals surface area (Å²) in [6, 6.07) is 3.60. The maximum absolute atomic E-state index is 11.2. The van der Waals surface area contributed by atoms with Crippen molar-refractivity contribution in [1.29, 1.82) is 0 Å². The number of carboxylic acids is 1. The molecule has 0 atom stereocenters. The second-order valence-corrected chi connectivity index (χ2v) is 3.47. The van der Waals surface area contributed by atoms with E-state index in [-0.39, 0.29) is 16.4 Å². The number of hydrogen-bond acceptors (Lipinski definition) is 4. The van der Waals surface area contributed by atoms with Gasteiger partial charge < -0.3 is 10.4 Å². The summed E-state index contributed by atoms with van der Waals surface area (Å²) in [6.07, 6.45) is -0.774. The molecule has 0 bridgehead atoms. The van der Waals surface area contributed by atoms with Gasteiger partial charge in [0.2, 0.25) is 5.91 Å². The van der Waals surface area contributed by atoms with Crippen LogP contribution in [0.5, 0.6) is 0 Å². The second kappa shape index (κ2) is 5.26. The standard InChI is InChI=1S/C9H7ClN2O5/c10-5-1-2-7(12(16)17)6(3-5)11-8(13)4-9(14)15/h1-3H,4H2,(H,11,13)(H,14,15). The Kier molecular flexibility index (Phi) is 4.00. The molecule has 0 unspecified atom stereocenters. The molecule has 0 aliphatic heterocycles. The third-order valence-electron chi connectivity index (χ3n) is 1.74. The van der Waals surface area contributed by atoms with Crippen LogP contribution in [-0.4, -0.2) is 21.9 Å². The third kappa shape index (κ3) is 3.72. The number of nitro benzene ring substituents is 1. The maximum Gasteiger partial charge on any atom is 0.312 e. The largest absolute Gasteiger partial charge is 0.481 e. The van der Waals surface area contributed by atoms with Gasteiger partial charge >= 0.3 is 5.97 Å². The van der Waals surface area contributed by atoms with Crippen LogP contribution < -0.4 is 5.32 Å². The molecule has 0 radical (unpaired) electrons. The van der Waals surface area contributed by atoms with Gasteiger partial charge in [-0.05, 0) is 12.1 Å². The van der Waals surface area contributed by atoms with Crippen LogP contribution in [0.1, 0.15) is 6.42 Å². The van der Waals surface area contributed by atoms with Crippen LogP contribution in [-0.2, 0) is 9.59 Å². The first-order valence-electron chi connectivity index (χ1n) is 4.35. The number of nitrogens with one attached hydrogen (secondary N) is 1. The molecule has 0 saturated carbocycles. The van der Waals surface area contributed by atoms with E-state index in [9.17, 15) is 19.7 Å². The number of rotatable bonds is 4. The maximum atomic E-state index is 11.2. The molecule has 2 N–H and O–H groups in total. The third-order valence-corrected chi connectivity index (χ3v) is 1.98. The molecule has 7 nitrogen and oxygen atoms in total. The number of benzene rings is 1. The van der Waals surface area contributed by atoms with Crippen molar-refractivity contribution in [1.82, 2.24) is 0 Å². The monoisotopic (exact) mass is 258 g/mol.